The highest BCUT2D eigenvalue weighted by Gasteiger charge is 2.36. The second kappa shape index (κ2) is 6.96. The lowest BCUT2D eigenvalue weighted by atomic mass is 10.1. The highest BCUT2D eigenvalue weighted by Crippen LogP contribution is 2.31. The molecule has 0 atom stereocenters. The maximum atomic E-state index is 12.9. The lowest BCUT2D eigenvalue weighted by molar-refractivity contribution is -0.0912. The molecule has 0 saturated heterocycles. The van der Waals surface area contributed by atoms with E-state index in [0.29, 0.717) is 6.42 Å². The van der Waals surface area contributed by atoms with Crippen molar-refractivity contribution in [2.75, 3.05) is 0 Å². The molecule has 0 bridgehead atoms. The Morgan fingerprint density at radius 2 is 1.75 bits per heavy atom. The molecule has 0 amide bonds. The molecule has 0 aliphatic rings. The Labute approximate surface area is 120 Å². The van der Waals surface area contributed by atoms with E-state index < -0.39 is 19.8 Å². The van der Waals surface area contributed by atoms with Crippen LogP contribution in [0.2, 0.25) is 25.7 Å². The van der Waals surface area contributed by atoms with Crippen molar-refractivity contribution in [1.82, 2.24) is 0 Å². The molecule has 0 nitrogen and oxygen atoms in total. The number of hydrogen-bond donors (Lipinski definition) is 0. The third-order valence-corrected chi connectivity index (χ3v) is 4.16. The van der Waals surface area contributed by atoms with Crippen LogP contribution in [0.15, 0.2) is 47.7 Å². The number of halogens is 3. The third-order valence-electron chi connectivity index (χ3n) is 2.75. The van der Waals surface area contributed by atoms with Crippen LogP contribution in [0.4, 0.5) is 13.2 Å². The van der Waals surface area contributed by atoms with E-state index in [1.807, 2.05) is 50.0 Å². The topological polar surface area (TPSA) is 0 Å². The summed E-state index contributed by atoms with van der Waals surface area (Å²) in [6, 6.07) is 9.87. The van der Waals surface area contributed by atoms with Gasteiger partial charge >= 0.3 is 6.18 Å². The fourth-order valence-corrected chi connectivity index (χ4v) is 3.21. The van der Waals surface area contributed by atoms with Crippen molar-refractivity contribution < 1.29 is 13.2 Å². The molecule has 0 heterocycles. The average molecular weight is 298 g/mol. The van der Waals surface area contributed by atoms with Crippen molar-refractivity contribution in [3.05, 3.63) is 53.3 Å². The van der Waals surface area contributed by atoms with Gasteiger partial charge in [0.1, 0.15) is 0 Å². The molecule has 20 heavy (non-hydrogen) atoms. The van der Waals surface area contributed by atoms with Crippen molar-refractivity contribution in [3.8, 4) is 0 Å². The first kappa shape index (κ1) is 16.8. The number of alkyl halides is 3. The van der Waals surface area contributed by atoms with Gasteiger partial charge in [0.15, 0.2) is 0 Å². The molecule has 0 unspecified atom stereocenters. The molecule has 0 fully saturated rings. The van der Waals surface area contributed by atoms with E-state index >= 15 is 0 Å². The van der Waals surface area contributed by atoms with Crippen LogP contribution in [-0.4, -0.2) is 14.3 Å². The molecular formula is C16H21F3Si. The number of aryl methyl sites for hydroxylation is 1. The van der Waals surface area contributed by atoms with E-state index in [1.165, 1.54) is 6.08 Å². The van der Waals surface area contributed by atoms with Crippen LogP contribution in [0.25, 0.3) is 0 Å². The monoisotopic (exact) mass is 298 g/mol. The quantitative estimate of drug-likeness (QED) is 0.490. The van der Waals surface area contributed by atoms with E-state index in [2.05, 4.69) is 5.73 Å². The number of benzene rings is 1. The van der Waals surface area contributed by atoms with Crippen molar-refractivity contribution in [2.24, 2.45) is 0 Å². The van der Waals surface area contributed by atoms with Gasteiger partial charge in [0.25, 0.3) is 0 Å². The minimum atomic E-state index is -4.26. The first-order valence-electron chi connectivity index (χ1n) is 6.74. The molecule has 0 N–H and O–H groups in total. The summed E-state index contributed by atoms with van der Waals surface area (Å²) in [7, 11) is -1.79. The lowest BCUT2D eigenvalue weighted by Gasteiger charge is -2.18. The number of hydrogen-bond acceptors (Lipinski definition) is 0. The van der Waals surface area contributed by atoms with Gasteiger partial charge in [-0.15, -0.1) is 5.73 Å². The van der Waals surface area contributed by atoms with Gasteiger partial charge in [0.05, 0.1) is 5.57 Å². The largest absolute Gasteiger partial charge is 0.419 e. The smallest absolute Gasteiger partial charge is 0.166 e. The van der Waals surface area contributed by atoms with Crippen LogP contribution in [0.5, 0.6) is 0 Å². The summed E-state index contributed by atoms with van der Waals surface area (Å²) < 4.78 is 38.7. The minimum absolute atomic E-state index is 0.123. The zero-order valence-electron chi connectivity index (χ0n) is 12.2. The molecule has 1 aromatic carbocycles. The lowest BCUT2D eigenvalue weighted by Crippen LogP contribution is -2.25. The van der Waals surface area contributed by atoms with Crippen LogP contribution in [0.3, 0.4) is 0 Å². The van der Waals surface area contributed by atoms with E-state index in [1.54, 1.807) is 0 Å². The second-order valence-corrected chi connectivity index (χ2v) is 11.6. The Hall–Kier alpha value is -1.25. The molecule has 0 spiro atoms. The predicted molar refractivity (Wildman–Crippen MR) is 80.6 cm³/mol. The Bertz CT molecular complexity index is 475. The Balaban J connectivity index is 2.73. The third kappa shape index (κ3) is 6.78. The van der Waals surface area contributed by atoms with Crippen LogP contribution >= 0.6 is 0 Å². The maximum Gasteiger partial charge on any atom is 0.419 e. The van der Waals surface area contributed by atoms with Crippen LogP contribution in [-0.2, 0) is 6.42 Å². The number of allylic oxidation sites excluding steroid dienone is 1. The van der Waals surface area contributed by atoms with Gasteiger partial charge in [0, 0.05) is 8.07 Å². The van der Waals surface area contributed by atoms with Crippen molar-refractivity contribution in [1.29, 1.82) is 0 Å². The van der Waals surface area contributed by atoms with E-state index in [4.69, 9.17) is 0 Å². The average Bonchev–Trinajstić information content (AvgIpc) is 2.32. The minimum Gasteiger partial charge on any atom is -0.166 e. The van der Waals surface area contributed by atoms with Gasteiger partial charge in [-0.3, -0.25) is 0 Å². The summed E-state index contributed by atoms with van der Waals surface area (Å²) in [5.74, 6) is 0. The van der Waals surface area contributed by atoms with Crippen LogP contribution in [0.1, 0.15) is 12.0 Å². The molecule has 0 saturated carbocycles. The Morgan fingerprint density at radius 3 is 2.25 bits per heavy atom. The molecular weight excluding hydrogens is 277 g/mol. The molecule has 4 heteroatoms. The SMILES string of the molecule is C[Si](C)(C)CC(=C=CCCc1ccccc1)C(F)(F)F. The van der Waals surface area contributed by atoms with Crippen LogP contribution < -0.4 is 0 Å². The molecule has 110 valence electrons. The van der Waals surface area contributed by atoms with E-state index in [0.717, 1.165) is 12.0 Å². The summed E-state index contributed by atoms with van der Waals surface area (Å²) in [4.78, 5) is 0. The molecule has 1 aromatic rings. The summed E-state index contributed by atoms with van der Waals surface area (Å²) in [6.45, 7) is 5.80. The van der Waals surface area contributed by atoms with Gasteiger partial charge in [0.2, 0.25) is 0 Å². The Kier molecular flexibility index (Phi) is 5.84. The molecule has 1 rings (SSSR count). The van der Waals surface area contributed by atoms with Crippen LogP contribution in [0, 0.1) is 0 Å². The number of rotatable bonds is 5. The van der Waals surface area contributed by atoms with Gasteiger partial charge in [-0.1, -0.05) is 50.0 Å². The summed E-state index contributed by atoms with van der Waals surface area (Å²) in [5, 5.41) is 0. The standard InChI is InChI=1S/C16H21F3Si/c1-20(2,3)13-15(16(17,18)19)12-8-7-11-14-9-5-4-6-10-14/h4-6,8-10H,7,11,13H2,1-3H3. The van der Waals surface area contributed by atoms with Gasteiger partial charge in [-0.05, 0) is 30.5 Å². The Morgan fingerprint density at radius 1 is 1.15 bits per heavy atom. The molecule has 0 radical (unpaired) electrons. The summed E-state index contributed by atoms with van der Waals surface area (Å²) in [5.41, 5.74) is 3.11. The summed E-state index contributed by atoms with van der Waals surface area (Å²) in [6.07, 6.45) is -1.42. The van der Waals surface area contributed by atoms with Gasteiger partial charge in [-0.25, -0.2) is 0 Å². The van der Waals surface area contributed by atoms with Crippen molar-refractivity contribution >= 4 is 8.07 Å². The second-order valence-electron chi connectivity index (χ2n) is 6.09. The van der Waals surface area contributed by atoms with Crippen molar-refractivity contribution in [2.45, 2.75) is 44.7 Å². The predicted octanol–water partition coefficient (Wildman–Crippen LogP) is 5.60. The van der Waals surface area contributed by atoms with Crippen molar-refractivity contribution in [3.63, 3.8) is 0 Å². The zero-order valence-corrected chi connectivity index (χ0v) is 13.2. The fraction of sp³-hybridized carbons (Fsp3) is 0.438. The first-order chi connectivity index (χ1) is 9.18. The van der Waals surface area contributed by atoms with E-state index in [-0.39, 0.29) is 6.04 Å². The summed E-state index contributed by atoms with van der Waals surface area (Å²) >= 11 is 0. The van der Waals surface area contributed by atoms with E-state index in [9.17, 15) is 13.2 Å². The molecule has 0 aliphatic heterocycles. The normalized spacial score (nSPS) is 11.9. The van der Waals surface area contributed by atoms with Gasteiger partial charge in [-0.2, -0.15) is 13.2 Å². The first-order valence-corrected chi connectivity index (χ1v) is 10.4. The highest BCUT2D eigenvalue weighted by atomic mass is 28.3. The molecule has 0 aromatic heterocycles. The fourth-order valence-electron chi connectivity index (χ4n) is 1.84. The maximum absolute atomic E-state index is 12.9. The zero-order chi connectivity index (χ0) is 15.2. The van der Waals surface area contributed by atoms with Gasteiger partial charge < -0.3 is 0 Å². The molecule has 0 aliphatic carbocycles. The highest BCUT2D eigenvalue weighted by molar-refractivity contribution is 6.76.